The maximum atomic E-state index is 5.50. The fourth-order valence-electron chi connectivity index (χ4n) is 2.72. The van der Waals surface area contributed by atoms with Crippen molar-refractivity contribution in [3.05, 3.63) is 29.1 Å². The Morgan fingerprint density at radius 3 is 2.48 bits per heavy atom. The van der Waals surface area contributed by atoms with Gasteiger partial charge in [-0.15, -0.1) is 0 Å². The van der Waals surface area contributed by atoms with Crippen LogP contribution in [-0.4, -0.2) is 23.7 Å². The maximum Gasteiger partial charge on any atom is 0.0580 e. The molecule has 1 fully saturated rings. The minimum absolute atomic E-state index is 0.114. The lowest BCUT2D eigenvalue weighted by Crippen LogP contribution is -2.36. The molecule has 1 aliphatic heterocycles. The van der Waals surface area contributed by atoms with Gasteiger partial charge in [0.1, 0.15) is 0 Å². The molecule has 118 valence electrons. The second kappa shape index (κ2) is 6.89. The van der Waals surface area contributed by atoms with Gasteiger partial charge in [-0.3, -0.25) is 4.98 Å². The summed E-state index contributed by atoms with van der Waals surface area (Å²) in [6, 6.07) is 4.51. The molecule has 2 heterocycles. The summed E-state index contributed by atoms with van der Waals surface area (Å²) in [7, 11) is 0. The second-order valence-electron chi connectivity index (χ2n) is 7.42. The van der Waals surface area contributed by atoms with Crippen molar-refractivity contribution >= 4 is 0 Å². The number of nitrogens with one attached hydrogen (secondary N) is 1. The molecule has 0 saturated carbocycles. The lowest BCUT2D eigenvalue weighted by atomic mass is 9.89. The predicted octanol–water partition coefficient (Wildman–Crippen LogP) is 3.99. The van der Waals surface area contributed by atoms with Gasteiger partial charge in [0, 0.05) is 31.0 Å². The fourth-order valence-corrected chi connectivity index (χ4v) is 2.72. The molecule has 0 atom stereocenters. The molecule has 1 aromatic heterocycles. The average molecular weight is 290 g/mol. The van der Waals surface area contributed by atoms with Crippen molar-refractivity contribution in [2.45, 2.75) is 71.4 Å². The lowest BCUT2D eigenvalue weighted by Gasteiger charge is -2.27. The summed E-state index contributed by atoms with van der Waals surface area (Å²) in [5, 5.41) is 3.59. The molecular formula is C18H30N2O. The molecule has 0 unspecified atom stereocenters. The van der Waals surface area contributed by atoms with Gasteiger partial charge in [-0.2, -0.15) is 0 Å². The van der Waals surface area contributed by atoms with Gasteiger partial charge in [0.05, 0.1) is 5.69 Å². The van der Waals surface area contributed by atoms with Crippen LogP contribution in [0.4, 0.5) is 0 Å². The first-order valence-electron chi connectivity index (χ1n) is 8.19. The fraction of sp³-hybridized carbons (Fsp3) is 0.722. The van der Waals surface area contributed by atoms with Crippen molar-refractivity contribution in [3.8, 4) is 0 Å². The zero-order chi connectivity index (χ0) is 15.5. The van der Waals surface area contributed by atoms with Crippen LogP contribution in [0.5, 0.6) is 0 Å². The minimum atomic E-state index is 0.114. The average Bonchev–Trinajstić information content (AvgIpc) is 2.45. The Morgan fingerprint density at radius 1 is 1.24 bits per heavy atom. The Balaban J connectivity index is 2.24. The summed E-state index contributed by atoms with van der Waals surface area (Å²) >= 11 is 0. The summed E-state index contributed by atoms with van der Waals surface area (Å²) in [4.78, 5) is 4.95. The first-order chi connectivity index (χ1) is 9.87. The Kier molecular flexibility index (Phi) is 5.39. The van der Waals surface area contributed by atoms with Gasteiger partial charge in [0.15, 0.2) is 0 Å². The van der Waals surface area contributed by atoms with Gasteiger partial charge in [-0.25, -0.2) is 0 Å². The molecule has 0 aliphatic carbocycles. The molecule has 1 N–H and O–H groups in total. The molecule has 0 amide bonds. The molecule has 1 saturated heterocycles. The number of hydrogen-bond donors (Lipinski definition) is 1. The van der Waals surface area contributed by atoms with E-state index < -0.39 is 0 Å². The summed E-state index contributed by atoms with van der Waals surface area (Å²) in [5.41, 5.74) is 3.95. The highest BCUT2D eigenvalue weighted by Gasteiger charge is 2.21. The van der Waals surface area contributed by atoms with Crippen LogP contribution >= 0.6 is 0 Å². The van der Waals surface area contributed by atoms with E-state index in [0.717, 1.165) is 32.6 Å². The summed E-state index contributed by atoms with van der Waals surface area (Å²) < 4.78 is 5.50. The Morgan fingerprint density at radius 2 is 1.90 bits per heavy atom. The van der Waals surface area contributed by atoms with E-state index in [1.54, 1.807) is 0 Å². The molecule has 1 aromatic rings. The van der Waals surface area contributed by atoms with Crippen molar-refractivity contribution in [2.75, 3.05) is 13.2 Å². The van der Waals surface area contributed by atoms with Crippen LogP contribution < -0.4 is 5.32 Å². The van der Waals surface area contributed by atoms with Crippen molar-refractivity contribution in [1.82, 2.24) is 10.3 Å². The van der Waals surface area contributed by atoms with Crippen LogP contribution in [0.2, 0.25) is 0 Å². The topological polar surface area (TPSA) is 34.1 Å². The summed E-state index contributed by atoms with van der Waals surface area (Å²) in [6.45, 7) is 13.6. The smallest absolute Gasteiger partial charge is 0.0580 e. The van der Waals surface area contributed by atoms with E-state index >= 15 is 0 Å². The summed E-state index contributed by atoms with van der Waals surface area (Å²) in [5.74, 6) is 1.08. The van der Waals surface area contributed by atoms with Crippen molar-refractivity contribution in [2.24, 2.45) is 0 Å². The van der Waals surface area contributed by atoms with Crippen molar-refractivity contribution < 1.29 is 4.74 Å². The number of rotatable bonds is 4. The molecule has 3 nitrogen and oxygen atoms in total. The van der Waals surface area contributed by atoms with Crippen LogP contribution in [0.25, 0.3) is 0 Å². The van der Waals surface area contributed by atoms with Crippen LogP contribution in [0.1, 0.15) is 76.2 Å². The van der Waals surface area contributed by atoms with E-state index in [1.165, 1.54) is 17.0 Å². The molecule has 21 heavy (non-hydrogen) atoms. The number of ether oxygens (including phenoxy) is 1. The lowest BCUT2D eigenvalue weighted by molar-refractivity contribution is 0.0850. The van der Waals surface area contributed by atoms with E-state index in [9.17, 15) is 0 Å². The van der Waals surface area contributed by atoms with E-state index in [2.05, 4.69) is 52.1 Å². The molecule has 0 radical (unpaired) electrons. The van der Waals surface area contributed by atoms with Crippen LogP contribution in [0.15, 0.2) is 12.1 Å². The van der Waals surface area contributed by atoms with Gasteiger partial charge < -0.3 is 10.1 Å². The van der Waals surface area contributed by atoms with Crippen LogP contribution in [0.3, 0.4) is 0 Å². The first-order valence-corrected chi connectivity index (χ1v) is 8.19. The molecule has 0 bridgehead atoms. The zero-order valence-electron chi connectivity index (χ0n) is 14.2. The van der Waals surface area contributed by atoms with Crippen LogP contribution in [0, 0.1) is 0 Å². The number of pyridine rings is 1. The van der Waals surface area contributed by atoms with Crippen molar-refractivity contribution in [1.29, 1.82) is 0 Å². The first kappa shape index (κ1) is 16.4. The predicted molar refractivity (Wildman–Crippen MR) is 87.7 cm³/mol. The number of hydrogen-bond acceptors (Lipinski definition) is 3. The second-order valence-corrected chi connectivity index (χ2v) is 7.42. The highest BCUT2D eigenvalue weighted by molar-refractivity contribution is 5.28. The van der Waals surface area contributed by atoms with E-state index in [4.69, 9.17) is 9.72 Å². The Hall–Kier alpha value is -0.930. The molecule has 0 aromatic carbocycles. The quantitative estimate of drug-likeness (QED) is 0.910. The van der Waals surface area contributed by atoms with Gasteiger partial charge in [0.2, 0.25) is 0 Å². The molecule has 0 spiro atoms. The van der Waals surface area contributed by atoms with E-state index in [1.807, 2.05) is 0 Å². The van der Waals surface area contributed by atoms with E-state index in [-0.39, 0.29) is 5.54 Å². The highest BCUT2D eigenvalue weighted by Crippen LogP contribution is 2.30. The third-order valence-electron chi connectivity index (χ3n) is 4.07. The standard InChI is InChI=1S/C18H30N2O/c1-13(2)16-7-6-15(14-8-10-21-11-9-14)17(20-16)12-19-18(3,4)5/h6-7,13-14,19H,8-12H2,1-5H3. The molecule has 1 aliphatic rings. The third kappa shape index (κ3) is 4.79. The highest BCUT2D eigenvalue weighted by atomic mass is 16.5. The van der Waals surface area contributed by atoms with Gasteiger partial charge >= 0.3 is 0 Å². The van der Waals surface area contributed by atoms with Crippen LogP contribution in [-0.2, 0) is 11.3 Å². The number of nitrogens with zero attached hydrogens (tertiary/aromatic N) is 1. The minimum Gasteiger partial charge on any atom is -0.381 e. The maximum absolute atomic E-state index is 5.50. The largest absolute Gasteiger partial charge is 0.381 e. The third-order valence-corrected chi connectivity index (χ3v) is 4.07. The molecule has 3 heteroatoms. The Labute approximate surface area is 129 Å². The normalized spacial score (nSPS) is 17.4. The van der Waals surface area contributed by atoms with E-state index in [0.29, 0.717) is 11.8 Å². The number of aromatic nitrogens is 1. The monoisotopic (exact) mass is 290 g/mol. The molecule has 2 rings (SSSR count). The summed E-state index contributed by atoms with van der Waals surface area (Å²) in [6.07, 6.45) is 2.23. The van der Waals surface area contributed by atoms with Gasteiger partial charge in [-0.05, 0) is 57.1 Å². The SMILES string of the molecule is CC(C)c1ccc(C2CCOCC2)c(CNC(C)(C)C)n1. The Bertz CT molecular complexity index is 457. The zero-order valence-corrected chi connectivity index (χ0v) is 14.2. The van der Waals surface area contributed by atoms with Crippen molar-refractivity contribution in [3.63, 3.8) is 0 Å². The van der Waals surface area contributed by atoms with Gasteiger partial charge in [0.25, 0.3) is 0 Å². The molecular weight excluding hydrogens is 260 g/mol. The van der Waals surface area contributed by atoms with Gasteiger partial charge in [-0.1, -0.05) is 19.9 Å².